The maximum absolute atomic E-state index is 12.7. The van der Waals surface area contributed by atoms with Crippen molar-refractivity contribution in [2.75, 3.05) is 24.3 Å². The number of nitrogens with zero attached hydrogens (tertiary/aromatic N) is 1. The highest BCUT2D eigenvalue weighted by molar-refractivity contribution is 6.08. The minimum absolute atomic E-state index is 0.101. The fourth-order valence-corrected chi connectivity index (χ4v) is 2.10. The summed E-state index contributed by atoms with van der Waals surface area (Å²) >= 11 is 0. The van der Waals surface area contributed by atoms with Crippen molar-refractivity contribution in [2.45, 2.75) is 6.92 Å². The van der Waals surface area contributed by atoms with Crippen LogP contribution in [0.5, 0.6) is 5.75 Å². The Balaban J connectivity index is 2.39. The maximum atomic E-state index is 12.7. The zero-order valence-electron chi connectivity index (χ0n) is 11.7. The zero-order valence-corrected chi connectivity index (χ0v) is 11.7. The van der Waals surface area contributed by atoms with E-state index in [-0.39, 0.29) is 5.91 Å². The van der Waals surface area contributed by atoms with E-state index < -0.39 is 0 Å². The summed E-state index contributed by atoms with van der Waals surface area (Å²) in [5.41, 5.74) is 7.74. The first-order valence-electron chi connectivity index (χ1n) is 6.47. The lowest BCUT2D eigenvalue weighted by molar-refractivity contribution is 0.0985. The summed E-state index contributed by atoms with van der Waals surface area (Å²) in [6, 6.07) is 14.5. The first-order chi connectivity index (χ1) is 9.67. The number of para-hydroxylation sites is 1. The monoisotopic (exact) mass is 270 g/mol. The second-order valence-corrected chi connectivity index (χ2v) is 4.34. The summed E-state index contributed by atoms with van der Waals surface area (Å²) in [7, 11) is 1.56. The first-order valence-corrected chi connectivity index (χ1v) is 6.47. The lowest BCUT2D eigenvalue weighted by Gasteiger charge is -2.22. The number of hydrogen-bond acceptors (Lipinski definition) is 3. The van der Waals surface area contributed by atoms with Gasteiger partial charge in [-0.1, -0.05) is 18.2 Å². The van der Waals surface area contributed by atoms with E-state index in [2.05, 4.69) is 0 Å². The Morgan fingerprint density at radius 2 is 1.95 bits per heavy atom. The van der Waals surface area contributed by atoms with Crippen molar-refractivity contribution in [3.63, 3.8) is 0 Å². The van der Waals surface area contributed by atoms with Crippen molar-refractivity contribution < 1.29 is 9.53 Å². The molecule has 0 aromatic heterocycles. The largest absolute Gasteiger partial charge is 0.496 e. The third kappa shape index (κ3) is 2.74. The molecule has 0 radical (unpaired) electrons. The molecule has 0 fully saturated rings. The van der Waals surface area contributed by atoms with Crippen molar-refractivity contribution >= 4 is 17.3 Å². The molecule has 0 atom stereocenters. The van der Waals surface area contributed by atoms with Gasteiger partial charge >= 0.3 is 0 Å². The first kappa shape index (κ1) is 13.9. The Hall–Kier alpha value is -2.49. The van der Waals surface area contributed by atoms with E-state index in [1.807, 2.05) is 31.2 Å². The van der Waals surface area contributed by atoms with Crippen LogP contribution in [0.2, 0.25) is 0 Å². The van der Waals surface area contributed by atoms with Gasteiger partial charge in [0.15, 0.2) is 0 Å². The van der Waals surface area contributed by atoms with E-state index in [9.17, 15) is 4.79 Å². The average molecular weight is 270 g/mol. The van der Waals surface area contributed by atoms with Crippen molar-refractivity contribution in [1.82, 2.24) is 0 Å². The molecule has 2 aromatic rings. The predicted molar refractivity (Wildman–Crippen MR) is 81.2 cm³/mol. The number of methoxy groups -OCH3 is 1. The molecule has 0 saturated carbocycles. The molecule has 0 unspecified atom stereocenters. The van der Waals surface area contributed by atoms with Gasteiger partial charge in [-0.3, -0.25) is 4.79 Å². The highest BCUT2D eigenvalue weighted by Crippen LogP contribution is 2.24. The topological polar surface area (TPSA) is 55.6 Å². The number of nitrogen functional groups attached to an aromatic ring is 1. The smallest absolute Gasteiger partial charge is 0.262 e. The predicted octanol–water partition coefficient (Wildman–Crippen LogP) is 2.94. The third-order valence-electron chi connectivity index (χ3n) is 3.08. The summed E-state index contributed by atoms with van der Waals surface area (Å²) in [4.78, 5) is 14.3. The van der Waals surface area contributed by atoms with E-state index in [4.69, 9.17) is 10.5 Å². The van der Waals surface area contributed by atoms with Crippen molar-refractivity contribution in [3.8, 4) is 5.75 Å². The lowest BCUT2D eigenvalue weighted by atomic mass is 10.1. The number of hydrogen-bond donors (Lipinski definition) is 1. The van der Waals surface area contributed by atoms with Crippen LogP contribution in [0.4, 0.5) is 11.4 Å². The molecular formula is C16H18N2O2. The molecule has 20 heavy (non-hydrogen) atoms. The fourth-order valence-electron chi connectivity index (χ4n) is 2.10. The summed E-state index contributed by atoms with van der Waals surface area (Å²) in [5.74, 6) is 0.468. The summed E-state index contributed by atoms with van der Waals surface area (Å²) < 4.78 is 5.25. The Kier molecular flexibility index (Phi) is 4.25. The summed E-state index contributed by atoms with van der Waals surface area (Å²) in [6.45, 7) is 2.48. The van der Waals surface area contributed by atoms with Crippen LogP contribution in [0, 0.1) is 0 Å². The van der Waals surface area contributed by atoms with Crippen LogP contribution >= 0.6 is 0 Å². The number of carbonyl (C=O) groups excluding carboxylic acids is 1. The molecule has 0 aliphatic rings. The van der Waals surface area contributed by atoms with Crippen LogP contribution in [0.25, 0.3) is 0 Å². The van der Waals surface area contributed by atoms with Gasteiger partial charge < -0.3 is 15.4 Å². The molecule has 0 heterocycles. The van der Waals surface area contributed by atoms with E-state index in [1.165, 1.54) is 0 Å². The number of benzene rings is 2. The van der Waals surface area contributed by atoms with Crippen LogP contribution in [0.15, 0.2) is 48.5 Å². The number of anilines is 2. The highest BCUT2D eigenvalue weighted by Gasteiger charge is 2.19. The molecular weight excluding hydrogens is 252 g/mol. The molecule has 0 aliphatic heterocycles. The zero-order chi connectivity index (χ0) is 14.5. The normalized spacial score (nSPS) is 10.1. The molecule has 2 aromatic carbocycles. The van der Waals surface area contributed by atoms with Crippen LogP contribution < -0.4 is 15.4 Å². The molecule has 0 spiro atoms. The second-order valence-electron chi connectivity index (χ2n) is 4.34. The van der Waals surface area contributed by atoms with E-state index in [0.717, 1.165) is 5.69 Å². The second kappa shape index (κ2) is 6.10. The number of amides is 1. The number of rotatable bonds is 4. The van der Waals surface area contributed by atoms with Crippen LogP contribution in [-0.4, -0.2) is 19.6 Å². The van der Waals surface area contributed by atoms with Crippen LogP contribution in [0.1, 0.15) is 17.3 Å². The fraction of sp³-hybridized carbons (Fsp3) is 0.188. The van der Waals surface area contributed by atoms with Gasteiger partial charge in [0.25, 0.3) is 5.91 Å². The van der Waals surface area contributed by atoms with Gasteiger partial charge in [-0.05, 0) is 37.3 Å². The van der Waals surface area contributed by atoms with Crippen molar-refractivity contribution in [3.05, 3.63) is 54.1 Å². The Morgan fingerprint density at radius 3 is 2.60 bits per heavy atom. The lowest BCUT2D eigenvalue weighted by Crippen LogP contribution is -2.30. The minimum atomic E-state index is -0.101. The van der Waals surface area contributed by atoms with Crippen molar-refractivity contribution in [2.24, 2.45) is 0 Å². The van der Waals surface area contributed by atoms with Crippen LogP contribution in [-0.2, 0) is 0 Å². The number of carbonyl (C=O) groups is 1. The van der Waals surface area contributed by atoms with Gasteiger partial charge in [0.1, 0.15) is 5.75 Å². The molecule has 2 rings (SSSR count). The molecule has 0 aliphatic carbocycles. The van der Waals surface area contributed by atoms with Gasteiger partial charge in [-0.15, -0.1) is 0 Å². The molecule has 2 N–H and O–H groups in total. The molecule has 0 saturated heterocycles. The number of nitrogens with two attached hydrogens (primary N) is 1. The molecule has 104 valence electrons. The Bertz CT molecular complexity index is 611. The SMILES string of the molecule is CCN(C(=O)c1ccccc1OC)c1cccc(N)c1. The molecule has 1 amide bonds. The Morgan fingerprint density at radius 1 is 1.20 bits per heavy atom. The van der Waals surface area contributed by atoms with Gasteiger partial charge in [-0.25, -0.2) is 0 Å². The van der Waals surface area contributed by atoms with Crippen LogP contribution in [0.3, 0.4) is 0 Å². The maximum Gasteiger partial charge on any atom is 0.262 e. The van der Waals surface area contributed by atoms with Crippen molar-refractivity contribution in [1.29, 1.82) is 0 Å². The minimum Gasteiger partial charge on any atom is -0.496 e. The standard InChI is InChI=1S/C16H18N2O2/c1-3-18(13-8-6-7-12(17)11-13)16(19)14-9-4-5-10-15(14)20-2/h4-11H,3,17H2,1-2H3. The highest BCUT2D eigenvalue weighted by atomic mass is 16.5. The van der Waals surface area contributed by atoms with Gasteiger partial charge in [0.2, 0.25) is 0 Å². The molecule has 0 bridgehead atoms. The Labute approximate surface area is 118 Å². The quantitative estimate of drug-likeness (QED) is 0.869. The average Bonchev–Trinajstić information content (AvgIpc) is 2.48. The van der Waals surface area contributed by atoms with E-state index in [1.54, 1.807) is 36.3 Å². The molecule has 4 heteroatoms. The van der Waals surface area contributed by atoms with Gasteiger partial charge in [0.05, 0.1) is 12.7 Å². The molecule has 4 nitrogen and oxygen atoms in total. The summed E-state index contributed by atoms with van der Waals surface area (Å²) in [6.07, 6.45) is 0. The summed E-state index contributed by atoms with van der Waals surface area (Å²) in [5, 5.41) is 0. The third-order valence-corrected chi connectivity index (χ3v) is 3.08. The van der Waals surface area contributed by atoms with E-state index in [0.29, 0.717) is 23.5 Å². The van der Waals surface area contributed by atoms with E-state index >= 15 is 0 Å². The van der Waals surface area contributed by atoms with Gasteiger partial charge in [-0.2, -0.15) is 0 Å². The number of ether oxygens (including phenoxy) is 1. The van der Waals surface area contributed by atoms with Gasteiger partial charge in [0, 0.05) is 17.9 Å².